The van der Waals surface area contributed by atoms with Crippen molar-refractivity contribution in [2.75, 3.05) is 5.32 Å². The molecule has 0 saturated carbocycles. The van der Waals surface area contributed by atoms with E-state index >= 15 is 0 Å². The summed E-state index contributed by atoms with van der Waals surface area (Å²) in [5.74, 6) is 1.78. The van der Waals surface area contributed by atoms with Gasteiger partial charge in [0.2, 0.25) is 0 Å². The number of pyridine rings is 1. The fraction of sp³-hybridized carbons (Fsp3) is 0.273. The third kappa shape index (κ3) is 2.97. The molecular formula is C11H11BrN2O2. The molecule has 0 aliphatic heterocycles. The summed E-state index contributed by atoms with van der Waals surface area (Å²) < 4.78 is 0.615. The van der Waals surface area contributed by atoms with Crippen molar-refractivity contribution in [3.8, 4) is 12.3 Å². The summed E-state index contributed by atoms with van der Waals surface area (Å²) in [5, 5.41) is 11.9. The standard InChI is InChI=1S/C11H11BrN2O2/c1-3-8(4-2)14-10-9(11(15)16)5-7(12)6-13-10/h1,5-6,8H,4H2,2H3,(H,13,14)(H,15,16). The minimum absolute atomic E-state index is 0.100. The molecule has 1 aromatic rings. The van der Waals surface area contributed by atoms with E-state index in [1.165, 1.54) is 12.3 Å². The smallest absolute Gasteiger partial charge is 0.339 e. The molecule has 0 spiro atoms. The Morgan fingerprint density at radius 3 is 3.00 bits per heavy atom. The number of nitrogens with zero attached hydrogens (tertiary/aromatic N) is 1. The van der Waals surface area contributed by atoms with Crippen molar-refractivity contribution < 1.29 is 9.90 Å². The predicted octanol–water partition coefficient (Wildman–Crippen LogP) is 2.37. The minimum Gasteiger partial charge on any atom is -0.478 e. The molecule has 84 valence electrons. The second-order valence-electron chi connectivity index (χ2n) is 3.13. The maximum atomic E-state index is 11.0. The van der Waals surface area contributed by atoms with Crippen molar-refractivity contribution in [2.24, 2.45) is 0 Å². The zero-order chi connectivity index (χ0) is 12.1. The zero-order valence-corrected chi connectivity index (χ0v) is 10.3. The number of aromatic carboxylic acids is 1. The van der Waals surface area contributed by atoms with Gasteiger partial charge in [0.25, 0.3) is 0 Å². The molecule has 1 aromatic heterocycles. The van der Waals surface area contributed by atoms with E-state index in [0.717, 1.165) is 0 Å². The summed E-state index contributed by atoms with van der Waals surface area (Å²) in [7, 11) is 0. The summed E-state index contributed by atoms with van der Waals surface area (Å²) in [6.45, 7) is 1.91. The highest BCUT2D eigenvalue weighted by molar-refractivity contribution is 9.10. The summed E-state index contributed by atoms with van der Waals surface area (Å²) in [6.07, 6.45) is 7.52. The quantitative estimate of drug-likeness (QED) is 0.833. The molecule has 1 unspecified atom stereocenters. The van der Waals surface area contributed by atoms with Crippen molar-refractivity contribution >= 4 is 27.7 Å². The molecule has 16 heavy (non-hydrogen) atoms. The van der Waals surface area contributed by atoms with Crippen molar-refractivity contribution in [3.05, 3.63) is 22.3 Å². The fourth-order valence-corrected chi connectivity index (χ4v) is 1.48. The number of carboxylic acids is 1. The van der Waals surface area contributed by atoms with Gasteiger partial charge >= 0.3 is 5.97 Å². The second-order valence-corrected chi connectivity index (χ2v) is 4.04. The third-order valence-corrected chi connectivity index (χ3v) is 2.44. The van der Waals surface area contributed by atoms with E-state index in [1.807, 2.05) is 6.92 Å². The first-order chi connectivity index (χ1) is 7.58. The Hall–Kier alpha value is -1.54. The number of carboxylic acid groups (broad SMARTS) is 1. The monoisotopic (exact) mass is 282 g/mol. The molecule has 5 heteroatoms. The van der Waals surface area contributed by atoms with Crippen LogP contribution >= 0.6 is 15.9 Å². The minimum atomic E-state index is -1.04. The molecule has 0 aliphatic rings. The lowest BCUT2D eigenvalue weighted by molar-refractivity contribution is 0.0697. The van der Waals surface area contributed by atoms with E-state index in [1.54, 1.807) is 0 Å². The lowest BCUT2D eigenvalue weighted by Crippen LogP contribution is -2.19. The summed E-state index contributed by atoms with van der Waals surface area (Å²) >= 11 is 3.17. The van der Waals surface area contributed by atoms with Gasteiger partial charge in [0.05, 0.1) is 6.04 Å². The zero-order valence-electron chi connectivity index (χ0n) is 8.70. The van der Waals surface area contributed by atoms with Gasteiger partial charge in [0.1, 0.15) is 11.4 Å². The van der Waals surface area contributed by atoms with Crippen LogP contribution in [0.25, 0.3) is 0 Å². The SMILES string of the molecule is C#CC(CC)Nc1ncc(Br)cc1C(=O)O. The molecule has 0 radical (unpaired) electrons. The maximum Gasteiger partial charge on any atom is 0.339 e. The van der Waals surface area contributed by atoms with Crippen molar-refractivity contribution in [1.29, 1.82) is 0 Å². The van der Waals surface area contributed by atoms with E-state index in [0.29, 0.717) is 16.7 Å². The van der Waals surface area contributed by atoms with Crippen molar-refractivity contribution in [3.63, 3.8) is 0 Å². The van der Waals surface area contributed by atoms with E-state index in [4.69, 9.17) is 11.5 Å². The van der Waals surface area contributed by atoms with Gasteiger partial charge in [-0.3, -0.25) is 0 Å². The van der Waals surface area contributed by atoms with Gasteiger partial charge in [-0.1, -0.05) is 12.8 Å². The molecule has 2 N–H and O–H groups in total. The first-order valence-corrected chi connectivity index (χ1v) is 5.49. The number of aromatic nitrogens is 1. The van der Waals surface area contributed by atoms with Crippen LogP contribution in [0, 0.1) is 12.3 Å². The van der Waals surface area contributed by atoms with Crippen LogP contribution in [0.3, 0.4) is 0 Å². The van der Waals surface area contributed by atoms with Gasteiger partial charge in [-0.05, 0) is 28.4 Å². The summed E-state index contributed by atoms with van der Waals surface area (Å²) in [5.41, 5.74) is 0.100. The van der Waals surface area contributed by atoms with Gasteiger partial charge in [0.15, 0.2) is 0 Å². The van der Waals surface area contributed by atoms with E-state index in [-0.39, 0.29) is 11.6 Å². The van der Waals surface area contributed by atoms with Crippen molar-refractivity contribution in [1.82, 2.24) is 4.98 Å². The lowest BCUT2D eigenvalue weighted by atomic mass is 10.2. The Labute approximate surface area is 102 Å². The Morgan fingerprint density at radius 2 is 2.50 bits per heavy atom. The van der Waals surface area contributed by atoms with Gasteiger partial charge in [-0.2, -0.15) is 0 Å². The first-order valence-electron chi connectivity index (χ1n) is 4.70. The molecule has 0 fully saturated rings. The highest BCUT2D eigenvalue weighted by Gasteiger charge is 2.14. The van der Waals surface area contributed by atoms with Crippen LogP contribution in [0.15, 0.2) is 16.7 Å². The Morgan fingerprint density at radius 1 is 1.81 bits per heavy atom. The number of hydrogen-bond acceptors (Lipinski definition) is 3. The Balaban J connectivity index is 3.04. The average molecular weight is 283 g/mol. The van der Waals surface area contributed by atoms with Crippen LogP contribution in [0.5, 0.6) is 0 Å². The van der Waals surface area contributed by atoms with Crippen LogP contribution in [0.1, 0.15) is 23.7 Å². The molecule has 1 heterocycles. The van der Waals surface area contributed by atoms with E-state index < -0.39 is 5.97 Å². The molecule has 1 atom stereocenters. The van der Waals surface area contributed by atoms with Gasteiger partial charge in [-0.25, -0.2) is 9.78 Å². The third-order valence-electron chi connectivity index (χ3n) is 2.01. The van der Waals surface area contributed by atoms with Crippen LogP contribution in [-0.4, -0.2) is 22.1 Å². The Kier molecular flexibility index (Phi) is 4.32. The van der Waals surface area contributed by atoms with E-state index in [2.05, 4.69) is 32.2 Å². The Bertz CT molecular complexity index is 440. The number of terminal acetylenes is 1. The van der Waals surface area contributed by atoms with Gasteiger partial charge < -0.3 is 10.4 Å². The molecule has 0 amide bonds. The van der Waals surface area contributed by atoms with Crippen LogP contribution in [0.2, 0.25) is 0 Å². The normalized spacial score (nSPS) is 11.6. The predicted molar refractivity (Wildman–Crippen MR) is 65.4 cm³/mol. The highest BCUT2D eigenvalue weighted by Crippen LogP contribution is 2.19. The average Bonchev–Trinajstić information content (AvgIpc) is 2.27. The van der Waals surface area contributed by atoms with Gasteiger partial charge in [0, 0.05) is 10.7 Å². The van der Waals surface area contributed by atoms with E-state index in [9.17, 15) is 4.79 Å². The number of carbonyl (C=O) groups is 1. The summed E-state index contributed by atoms with van der Waals surface area (Å²) in [6, 6.07) is 1.27. The second kappa shape index (κ2) is 5.52. The van der Waals surface area contributed by atoms with Crippen LogP contribution in [-0.2, 0) is 0 Å². The topological polar surface area (TPSA) is 62.2 Å². The first kappa shape index (κ1) is 12.5. The lowest BCUT2D eigenvalue weighted by Gasteiger charge is -2.13. The number of halogens is 1. The molecular weight excluding hydrogens is 272 g/mol. The number of rotatable bonds is 4. The summed E-state index contributed by atoms with van der Waals surface area (Å²) in [4.78, 5) is 15.0. The maximum absolute atomic E-state index is 11.0. The number of nitrogens with one attached hydrogen (secondary N) is 1. The highest BCUT2D eigenvalue weighted by atomic mass is 79.9. The largest absolute Gasteiger partial charge is 0.478 e. The molecule has 0 aliphatic carbocycles. The molecule has 0 bridgehead atoms. The van der Waals surface area contributed by atoms with Crippen LogP contribution in [0.4, 0.5) is 5.82 Å². The fourth-order valence-electron chi connectivity index (χ4n) is 1.14. The number of hydrogen-bond donors (Lipinski definition) is 2. The molecule has 1 rings (SSSR count). The van der Waals surface area contributed by atoms with Crippen LogP contribution < -0.4 is 5.32 Å². The van der Waals surface area contributed by atoms with Gasteiger partial charge in [-0.15, -0.1) is 6.42 Å². The molecule has 4 nitrogen and oxygen atoms in total. The molecule has 0 aromatic carbocycles. The molecule has 0 saturated heterocycles. The number of anilines is 1. The van der Waals surface area contributed by atoms with Crippen molar-refractivity contribution in [2.45, 2.75) is 19.4 Å².